The van der Waals surface area contributed by atoms with Crippen molar-refractivity contribution in [3.8, 4) is 0 Å². The molecule has 21 heavy (non-hydrogen) atoms. The first-order chi connectivity index (χ1) is 10.1. The zero-order valence-corrected chi connectivity index (χ0v) is 13.6. The largest absolute Gasteiger partial charge is 0.370 e. The van der Waals surface area contributed by atoms with Crippen LogP contribution in [0.1, 0.15) is 29.2 Å². The molecule has 0 aliphatic heterocycles. The molecule has 0 aliphatic carbocycles. The SMILES string of the molecule is CCNCc1cccc(CN(C)c2cc(C)cc(C)c2)c1. The van der Waals surface area contributed by atoms with Crippen LogP contribution in [-0.2, 0) is 13.1 Å². The topological polar surface area (TPSA) is 15.3 Å². The molecule has 1 N–H and O–H groups in total. The van der Waals surface area contributed by atoms with Gasteiger partial charge in [0.05, 0.1) is 0 Å². The van der Waals surface area contributed by atoms with Crippen molar-refractivity contribution in [2.75, 3.05) is 18.5 Å². The number of hydrogen-bond acceptors (Lipinski definition) is 2. The molecule has 0 amide bonds. The molecule has 0 aliphatic rings. The van der Waals surface area contributed by atoms with Gasteiger partial charge in [-0.25, -0.2) is 0 Å². The Morgan fingerprint density at radius 3 is 2.29 bits per heavy atom. The summed E-state index contributed by atoms with van der Waals surface area (Å²) in [5, 5.41) is 3.38. The average Bonchev–Trinajstić information content (AvgIpc) is 2.44. The summed E-state index contributed by atoms with van der Waals surface area (Å²) < 4.78 is 0. The predicted molar refractivity (Wildman–Crippen MR) is 91.8 cm³/mol. The van der Waals surface area contributed by atoms with Gasteiger partial charge in [0.2, 0.25) is 0 Å². The average molecular weight is 282 g/mol. The van der Waals surface area contributed by atoms with E-state index in [1.54, 1.807) is 0 Å². The van der Waals surface area contributed by atoms with E-state index in [-0.39, 0.29) is 0 Å². The van der Waals surface area contributed by atoms with Gasteiger partial charge in [-0.3, -0.25) is 0 Å². The van der Waals surface area contributed by atoms with Gasteiger partial charge in [0.25, 0.3) is 0 Å². The van der Waals surface area contributed by atoms with Gasteiger partial charge in [-0.05, 0) is 54.8 Å². The van der Waals surface area contributed by atoms with Crippen LogP contribution in [0, 0.1) is 13.8 Å². The highest BCUT2D eigenvalue weighted by Gasteiger charge is 2.04. The molecule has 0 radical (unpaired) electrons. The number of nitrogens with zero attached hydrogens (tertiary/aromatic N) is 1. The fraction of sp³-hybridized carbons (Fsp3) is 0.368. The van der Waals surface area contributed by atoms with Crippen LogP contribution in [0.3, 0.4) is 0 Å². The Bertz CT molecular complexity index is 570. The van der Waals surface area contributed by atoms with Gasteiger partial charge < -0.3 is 10.2 Å². The van der Waals surface area contributed by atoms with Gasteiger partial charge >= 0.3 is 0 Å². The lowest BCUT2D eigenvalue weighted by molar-refractivity contribution is 0.725. The summed E-state index contributed by atoms with van der Waals surface area (Å²) in [4.78, 5) is 2.31. The third-order valence-corrected chi connectivity index (χ3v) is 3.64. The highest BCUT2D eigenvalue weighted by Crippen LogP contribution is 2.19. The Balaban J connectivity index is 2.09. The van der Waals surface area contributed by atoms with Crippen molar-refractivity contribution in [3.63, 3.8) is 0 Å². The molecule has 0 atom stereocenters. The Morgan fingerprint density at radius 2 is 1.62 bits per heavy atom. The summed E-state index contributed by atoms with van der Waals surface area (Å²) in [6.45, 7) is 9.33. The van der Waals surface area contributed by atoms with E-state index in [0.717, 1.165) is 19.6 Å². The monoisotopic (exact) mass is 282 g/mol. The van der Waals surface area contributed by atoms with Crippen LogP contribution in [0.4, 0.5) is 5.69 Å². The molecular formula is C19H26N2. The number of benzene rings is 2. The molecule has 2 aromatic carbocycles. The van der Waals surface area contributed by atoms with Crippen LogP contribution in [0.15, 0.2) is 42.5 Å². The molecule has 2 nitrogen and oxygen atoms in total. The van der Waals surface area contributed by atoms with Crippen LogP contribution >= 0.6 is 0 Å². The predicted octanol–water partition coefficient (Wildman–Crippen LogP) is 4.05. The third-order valence-electron chi connectivity index (χ3n) is 3.64. The summed E-state index contributed by atoms with van der Waals surface area (Å²) in [6, 6.07) is 15.5. The lowest BCUT2D eigenvalue weighted by Crippen LogP contribution is -2.17. The molecule has 0 spiro atoms. The Labute approximate surface area is 128 Å². The highest BCUT2D eigenvalue weighted by molar-refractivity contribution is 5.50. The van der Waals surface area contributed by atoms with Crippen LogP contribution < -0.4 is 10.2 Å². The van der Waals surface area contributed by atoms with Crippen molar-refractivity contribution in [3.05, 3.63) is 64.7 Å². The van der Waals surface area contributed by atoms with E-state index >= 15 is 0 Å². The van der Waals surface area contributed by atoms with Crippen molar-refractivity contribution in [2.45, 2.75) is 33.9 Å². The summed E-state index contributed by atoms with van der Waals surface area (Å²) in [5.41, 5.74) is 6.62. The summed E-state index contributed by atoms with van der Waals surface area (Å²) in [7, 11) is 2.16. The van der Waals surface area contributed by atoms with Gasteiger partial charge in [0.1, 0.15) is 0 Å². The first-order valence-electron chi connectivity index (χ1n) is 7.66. The Kier molecular flexibility index (Phi) is 5.40. The van der Waals surface area contributed by atoms with Crippen molar-refractivity contribution < 1.29 is 0 Å². The minimum absolute atomic E-state index is 0.933. The molecule has 0 saturated heterocycles. The van der Waals surface area contributed by atoms with E-state index in [4.69, 9.17) is 0 Å². The van der Waals surface area contributed by atoms with Crippen molar-refractivity contribution in [1.29, 1.82) is 0 Å². The lowest BCUT2D eigenvalue weighted by atomic mass is 10.1. The first kappa shape index (κ1) is 15.6. The van der Waals surface area contributed by atoms with Gasteiger partial charge in [-0.1, -0.05) is 37.3 Å². The second-order valence-corrected chi connectivity index (χ2v) is 5.80. The summed E-state index contributed by atoms with van der Waals surface area (Å²) >= 11 is 0. The van der Waals surface area contributed by atoms with Gasteiger partial charge in [0, 0.05) is 25.8 Å². The quantitative estimate of drug-likeness (QED) is 0.860. The van der Waals surface area contributed by atoms with Crippen LogP contribution in [0.5, 0.6) is 0 Å². The molecule has 0 saturated carbocycles. The van der Waals surface area contributed by atoms with Crippen LogP contribution in [0.25, 0.3) is 0 Å². The normalized spacial score (nSPS) is 10.7. The number of nitrogens with one attached hydrogen (secondary N) is 1. The van der Waals surface area contributed by atoms with E-state index in [0.29, 0.717) is 0 Å². The van der Waals surface area contributed by atoms with E-state index in [2.05, 4.69) is 80.5 Å². The second kappa shape index (κ2) is 7.28. The number of aryl methyl sites for hydroxylation is 2. The maximum Gasteiger partial charge on any atom is 0.0426 e. The van der Waals surface area contributed by atoms with E-state index in [1.165, 1.54) is 27.9 Å². The Morgan fingerprint density at radius 1 is 0.952 bits per heavy atom. The number of anilines is 1. The number of hydrogen-bond donors (Lipinski definition) is 1. The van der Waals surface area contributed by atoms with Crippen molar-refractivity contribution in [1.82, 2.24) is 5.32 Å². The van der Waals surface area contributed by atoms with Crippen LogP contribution in [0.2, 0.25) is 0 Å². The summed E-state index contributed by atoms with van der Waals surface area (Å²) in [6.07, 6.45) is 0. The molecule has 2 heteroatoms. The molecule has 112 valence electrons. The molecule has 0 fully saturated rings. The fourth-order valence-electron chi connectivity index (χ4n) is 2.64. The highest BCUT2D eigenvalue weighted by atomic mass is 15.1. The van der Waals surface area contributed by atoms with Crippen LogP contribution in [-0.4, -0.2) is 13.6 Å². The van der Waals surface area contributed by atoms with Gasteiger partial charge in [0.15, 0.2) is 0 Å². The molecule has 2 rings (SSSR count). The zero-order valence-electron chi connectivity index (χ0n) is 13.6. The minimum atomic E-state index is 0.933. The first-order valence-corrected chi connectivity index (χ1v) is 7.66. The lowest BCUT2D eigenvalue weighted by Gasteiger charge is -2.21. The molecule has 0 bridgehead atoms. The molecule has 0 aromatic heterocycles. The maximum absolute atomic E-state index is 3.38. The summed E-state index contributed by atoms with van der Waals surface area (Å²) in [5.74, 6) is 0. The van der Waals surface area contributed by atoms with E-state index < -0.39 is 0 Å². The molecule has 0 heterocycles. The molecule has 2 aromatic rings. The standard InChI is InChI=1S/C19H26N2/c1-5-20-13-17-7-6-8-18(12-17)14-21(4)19-10-15(2)9-16(3)11-19/h6-12,20H,5,13-14H2,1-4H3. The maximum atomic E-state index is 3.38. The third kappa shape index (κ3) is 4.61. The fourth-order valence-corrected chi connectivity index (χ4v) is 2.64. The Hall–Kier alpha value is -1.80. The van der Waals surface area contributed by atoms with E-state index in [1.807, 2.05) is 0 Å². The smallest absolute Gasteiger partial charge is 0.0426 e. The molecular weight excluding hydrogens is 256 g/mol. The second-order valence-electron chi connectivity index (χ2n) is 5.80. The van der Waals surface area contributed by atoms with Crippen molar-refractivity contribution in [2.24, 2.45) is 0 Å². The van der Waals surface area contributed by atoms with Crippen molar-refractivity contribution >= 4 is 5.69 Å². The minimum Gasteiger partial charge on any atom is -0.370 e. The molecule has 0 unspecified atom stereocenters. The van der Waals surface area contributed by atoms with E-state index in [9.17, 15) is 0 Å². The zero-order chi connectivity index (χ0) is 15.2. The van der Waals surface area contributed by atoms with Gasteiger partial charge in [-0.15, -0.1) is 0 Å². The number of rotatable bonds is 6. The van der Waals surface area contributed by atoms with Gasteiger partial charge in [-0.2, -0.15) is 0 Å².